The Bertz CT molecular complexity index is 343. The molecule has 1 N–H and O–H groups in total. The summed E-state index contributed by atoms with van der Waals surface area (Å²) in [5.74, 6) is 0. The highest BCUT2D eigenvalue weighted by Gasteiger charge is 2.08. The highest BCUT2D eigenvalue weighted by Crippen LogP contribution is 2.18. The van der Waals surface area contributed by atoms with Crippen LogP contribution in [0.5, 0.6) is 0 Å². The van der Waals surface area contributed by atoms with Crippen molar-refractivity contribution in [2.75, 3.05) is 18.0 Å². The molecule has 1 atom stereocenters. The highest BCUT2D eigenvalue weighted by molar-refractivity contribution is 5.46. The molecule has 2 rings (SSSR count). The van der Waals surface area contributed by atoms with E-state index in [2.05, 4.69) is 22.0 Å². The summed E-state index contributed by atoms with van der Waals surface area (Å²) >= 11 is 0. The first kappa shape index (κ1) is 10.2. The number of hydrogen-bond acceptors (Lipinski definition) is 3. The van der Waals surface area contributed by atoms with Crippen LogP contribution in [0.25, 0.3) is 0 Å². The van der Waals surface area contributed by atoms with E-state index in [0.717, 1.165) is 30.9 Å². The van der Waals surface area contributed by atoms with Gasteiger partial charge in [-0.1, -0.05) is 12.2 Å². The van der Waals surface area contributed by atoms with Gasteiger partial charge in [0, 0.05) is 13.1 Å². The van der Waals surface area contributed by atoms with Crippen molar-refractivity contribution >= 4 is 5.69 Å². The quantitative estimate of drug-likeness (QED) is 0.747. The molecule has 3 nitrogen and oxygen atoms in total. The van der Waals surface area contributed by atoms with Gasteiger partial charge in [0.25, 0.3) is 0 Å². The zero-order valence-electron chi connectivity index (χ0n) is 8.93. The zero-order valence-corrected chi connectivity index (χ0v) is 8.93. The van der Waals surface area contributed by atoms with Gasteiger partial charge in [-0.15, -0.1) is 0 Å². The third-order valence-electron chi connectivity index (χ3n) is 2.62. The summed E-state index contributed by atoms with van der Waals surface area (Å²) < 4.78 is 0. The van der Waals surface area contributed by atoms with Gasteiger partial charge in [-0.2, -0.15) is 0 Å². The monoisotopic (exact) mass is 204 g/mol. The number of nitrogens with zero attached hydrogens (tertiary/aromatic N) is 2. The van der Waals surface area contributed by atoms with Crippen LogP contribution in [0.1, 0.15) is 25.1 Å². The van der Waals surface area contributed by atoms with E-state index in [1.54, 1.807) is 6.92 Å². The van der Waals surface area contributed by atoms with E-state index in [9.17, 15) is 5.11 Å². The predicted octanol–water partition coefficient (Wildman–Crippen LogP) is 1.90. The van der Waals surface area contributed by atoms with E-state index in [1.165, 1.54) is 0 Å². The van der Waals surface area contributed by atoms with Gasteiger partial charge in [-0.05, 0) is 25.5 Å². The molecule has 15 heavy (non-hydrogen) atoms. The Balaban J connectivity index is 2.12. The smallest absolute Gasteiger partial charge is 0.0931 e. The number of aliphatic hydroxyl groups is 1. The lowest BCUT2D eigenvalue weighted by atomic mass is 10.2. The lowest BCUT2D eigenvalue weighted by Crippen LogP contribution is -2.26. The molecule has 80 valence electrons. The van der Waals surface area contributed by atoms with Gasteiger partial charge in [0.15, 0.2) is 0 Å². The molecule has 0 amide bonds. The maximum Gasteiger partial charge on any atom is 0.0931 e. The topological polar surface area (TPSA) is 36.4 Å². The van der Waals surface area contributed by atoms with E-state index < -0.39 is 6.10 Å². The number of hydrogen-bond donors (Lipinski definition) is 1. The fourth-order valence-corrected chi connectivity index (χ4v) is 1.71. The molecule has 0 saturated heterocycles. The van der Waals surface area contributed by atoms with Crippen LogP contribution in [0.3, 0.4) is 0 Å². The average molecular weight is 204 g/mol. The number of pyridine rings is 1. The second-order valence-electron chi connectivity index (χ2n) is 3.82. The van der Waals surface area contributed by atoms with E-state index >= 15 is 0 Å². The van der Waals surface area contributed by atoms with Gasteiger partial charge in [0.2, 0.25) is 0 Å². The van der Waals surface area contributed by atoms with Crippen LogP contribution in [-0.4, -0.2) is 23.2 Å². The van der Waals surface area contributed by atoms with Gasteiger partial charge in [-0.25, -0.2) is 0 Å². The second kappa shape index (κ2) is 4.45. The molecule has 0 bridgehead atoms. The molecule has 3 heteroatoms. The first-order chi connectivity index (χ1) is 7.27. The molecule has 1 aromatic rings. The van der Waals surface area contributed by atoms with Crippen molar-refractivity contribution in [3.8, 4) is 0 Å². The van der Waals surface area contributed by atoms with Crippen LogP contribution in [0, 0.1) is 0 Å². The number of aromatic nitrogens is 1. The van der Waals surface area contributed by atoms with E-state index in [4.69, 9.17) is 0 Å². The summed E-state index contributed by atoms with van der Waals surface area (Å²) in [6.07, 6.45) is 6.82. The van der Waals surface area contributed by atoms with Crippen LogP contribution in [0.15, 0.2) is 30.5 Å². The Labute approximate surface area is 90.1 Å². The highest BCUT2D eigenvalue weighted by atomic mass is 16.3. The summed E-state index contributed by atoms with van der Waals surface area (Å²) in [7, 11) is 0. The Morgan fingerprint density at radius 2 is 2.27 bits per heavy atom. The molecule has 0 aromatic carbocycles. The maximum absolute atomic E-state index is 9.34. The predicted molar refractivity (Wildman–Crippen MR) is 60.8 cm³/mol. The van der Waals surface area contributed by atoms with Gasteiger partial charge < -0.3 is 10.0 Å². The fraction of sp³-hybridized carbons (Fsp3) is 0.417. The van der Waals surface area contributed by atoms with E-state index in [-0.39, 0.29) is 0 Å². The molecule has 1 aliphatic heterocycles. The van der Waals surface area contributed by atoms with Crippen molar-refractivity contribution in [3.63, 3.8) is 0 Å². The number of aliphatic hydroxyl groups excluding tert-OH is 1. The lowest BCUT2D eigenvalue weighted by molar-refractivity contribution is 0.194. The summed E-state index contributed by atoms with van der Waals surface area (Å²) in [5.41, 5.74) is 1.86. The Morgan fingerprint density at radius 3 is 2.80 bits per heavy atom. The molecule has 1 aliphatic rings. The second-order valence-corrected chi connectivity index (χ2v) is 3.82. The maximum atomic E-state index is 9.34. The van der Waals surface area contributed by atoms with Crippen LogP contribution in [0.2, 0.25) is 0 Å². The molecule has 1 aromatic heterocycles. The molecule has 1 unspecified atom stereocenters. The standard InChI is InChI=1S/C12H16N2O/c1-10(15)12-6-5-11(9-13-12)14-7-3-2-4-8-14/h2-3,5-6,9-10,15H,4,7-8H2,1H3. The summed E-state index contributed by atoms with van der Waals surface area (Å²) in [5, 5.41) is 9.34. The van der Waals surface area contributed by atoms with Crippen molar-refractivity contribution < 1.29 is 5.11 Å². The van der Waals surface area contributed by atoms with Crippen LogP contribution >= 0.6 is 0 Å². The van der Waals surface area contributed by atoms with Crippen molar-refractivity contribution in [1.29, 1.82) is 0 Å². The molecule has 0 radical (unpaired) electrons. The molecule has 2 heterocycles. The SMILES string of the molecule is CC(O)c1ccc(N2CC=CCC2)cn1. The molecular weight excluding hydrogens is 188 g/mol. The van der Waals surface area contributed by atoms with Gasteiger partial charge >= 0.3 is 0 Å². The van der Waals surface area contributed by atoms with E-state index in [1.807, 2.05) is 18.3 Å². The minimum absolute atomic E-state index is 0.486. The fourth-order valence-electron chi connectivity index (χ4n) is 1.71. The van der Waals surface area contributed by atoms with Crippen molar-refractivity contribution in [2.45, 2.75) is 19.4 Å². The average Bonchev–Trinajstić information content (AvgIpc) is 2.30. The number of anilines is 1. The third-order valence-corrected chi connectivity index (χ3v) is 2.62. The number of rotatable bonds is 2. The van der Waals surface area contributed by atoms with Crippen molar-refractivity contribution in [3.05, 3.63) is 36.2 Å². The molecule has 0 spiro atoms. The lowest BCUT2D eigenvalue weighted by Gasteiger charge is -2.25. The van der Waals surface area contributed by atoms with Gasteiger partial charge in [-0.3, -0.25) is 4.98 Å². The molecule has 0 saturated carbocycles. The first-order valence-corrected chi connectivity index (χ1v) is 5.31. The Morgan fingerprint density at radius 1 is 1.40 bits per heavy atom. The Hall–Kier alpha value is -1.35. The van der Waals surface area contributed by atoms with Crippen molar-refractivity contribution in [2.24, 2.45) is 0 Å². The minimum atomic E-state index is -0.486. The minimum Gasteiger partial charge on any atom is -0.387 e. The van der Waals surface area contributed by atoms with Gasteiger partial charge in [0.1, 0.15) is 0 Å². The molecular formula is C12H16N2O. The summed E-state index contributed by atoms with van der Waals surface area (Å²) in [6, 6.07) is 3.91. The summed E-state index contributed by atoms with van der Waals surface area (Å²) in [4.78, 5) is 6.51. The largest absolute Gasteiger partial charge is 0.387 e. The zero-order chi connectivity index (χ0) is 10.7. The third kappa shape index (κ3) is 2.36. The molecule has 0 aliphatic carbocycles. The van der Waals surface area contributed by atoms with Crippen molar-refractivity contribution in [1.82, 2.24) is 4.98 Å². The van der Waals surface area contributed by atoms with Gasteiger partial charge in [0.05, 0.1) is 23.7 Å². The van der Waals surface area contributed by atoms with Crippen LogP contribution in [-0.2, 0) is 0 Å². The van der Waals surface area contributed by atoms with Crippen LogP contribution in [0.4, 0.5) is 5.69 Å². The van der Waals surface area contributed by atoms with E-state index in [0.29, 0.717) is 0 Å². The Kier molecular flexibility index (Phi) is 3.02. The normalized spacial score (nSPS) is 17.9. The first-order valence-electron chi connectivity index (χ1n) is 5.31. The molecule has 0 fully saturated rings. The summed E-state index contributed by atoms with van der Waals surface area (Å²) in [6.45, 7) is 3.73. The van der Waals surface area contributed by atoms with Crippen LogP contribution < -0.4 is 4.90 Å².